The van der Waals surface area contributed by atoms with Crippen molar-refractivity contribution in [1.29, 1.82) is 0 Å². The summed E-state index contributed by atoms with van der Waals surface area (Å²) in [5.41, 5.74) is 5.38. The lowest BCUT2D eigenvalue weighted by Gasteiger charge is -2.34. The van der Waals surface area contributed by atoms with E-state index in [1.165, 1.54) is 0 Å². The normalized spacial score (nSPS) is 18.2. The number of nitrogens with two attached hydrogens (primary N) is 1. The van der Waals surface area contributed by atoms with Crippen molar-refractivity contribution < 1.29 is 9.53 Å². The van der Waals surface area contributed by atoms with E-state index in [0.29, 0.717) is 19.6 Å². The van der Waals surface area contributed by atoms with Crippen LogP contribution in [0.5, 0.6) is 0 Å². The molecule has 1 saturated heterocycles. The molecule has 0 spiro atoms. The Bertz CT molecular complexity index is 614. The number of aryl methyl sites for hydroxylation is 1. The molecular formula is C17H31N7O2. The third kappa shape index (κ3) is 5.98. The summed E-state index contributed by atoms with van der Waals surface area (Å²) in [6.07, 6.45) is 3.38. The SMILES string of the molecule is COCCCNC(=NCc1nnc(C)n1C)N1CCCC(CC(N)=O)C1. The van der Waals surface area contributed by atoms with E-state index in [0.717, 1.165) is 56.5 Å². The summed E-state index contributed by atoms with van der Waals surface area (Å²) >= 11 is 0. The summed E-state index contributed by atoms with van der Waals surface area (Å²) in [4.78, 5) is 18.2. The van der Waals surface area contributed by atoms with Gasteiger partial charge in [0.05, 0.1) is 0 Å². The number of ether oxygens (including phenoxy) is 1. The number of rotatable bonds is 8. The van der Waals surface area contributed by atoms with Crippen molar-refractivity contribution >= 4 is 11.9 Å². The molecule has 9 nitrogen and oxygen atoms in total. The number of piperidine rings is 1. The maximum Gasteiger partial charge on any atom is 0.217 e. The molecule has 1 aliphatic heterocycles. The molecule has 1 aliphatic rings. The number of carbonyl (C=O) groups excluding carboxylic acids is 1. The number of likely N-dealkylation sites (tertiary alicyclic amines) is 1. The van der Waals surface area contributed by atoms with Crippen molar-refractivity contribution in [2.45, 2.75) is 39.2 Å². The lowest BCUT2D eigenvalue weighted by atomic mass is 9.95. The quantitative estimate of drug-likeness (QED) is 0.387. The molecule has 0 aromatic carbocycles. The fourth-order valence-electron chi connectivity index (χ4n) is 3.13. The van der Waals surface area contributed by atoms with Gasteiger partial charge in [-0.2, -0.15) is 0 Å². The topological polar surface area (TPSA) is 111 Å². The van der Waals surface area contributed by atoms with E-state index >= 15 is 0 Å². The highest BCUT2D eigenvalue weighted by atomic mass is 16.5. The Labute approximate surface area is 155 Å². The Morgan fingerprint density at radius 1 is 1.46 bits per heavy atom. The van der Waals surface area contributed by atoms with Gasteiger partial charge in [0, 0.05) is 46.8 Å². The van der Waals surface area contributed by atoms with Crippen LogP contribution < -0.4 is 11.1 Å². The molecule has 2 rings (SSSR count). The average molecular weight is 365 g/mol. The van der Waals surface area contributed by atoms with E-state index in [1.807, 2.05) is 18.5 Å². The zero-order valence-corrected chi connectivity index (χ0v) is 16.1. The van der Waals surface area contributed by atoms with E-state index in [-0.39, 0.29) is 11.8 Å². The third-order valence-electron chi connectivity index (χ3n) is 4.67. The van der Waals surface area contributed by atoms with Crippen LogP contribution in [0.3, 0.4) is 0 Å². The van der Waals surface area contributed by atoms with Crippen molar-refractivity contribution in [3.05, 3.63) is 11.6 Å². The van der Waals surface area contributed by atoms with Gasteiger partial charge in [-0.25, -0.2) is 4.99 Å². The van der Waals surface area contributed by atoms with Crippen LogP contribution in [0.25, 0.3) is 0 Å². The van der Waals surface area contributed by atoms with E-state index in [9.17, 15) is 4.79 Å². The van der Waals surface area contributed by atoms with Gasteiger partial charge in [0.1, 0.15) is 12.4 Å². The minimum absolute atomic E-state index is 0.238. The molecule has 1 fully saturated rings. The molecule has 1 aromatic heterocycles. The second-order valence-corrected chi connectivity index (χ2v) is 6.76. The standard InChI is InChI=1S/C17H31N7O2/c1-13-21-22-16(23(13)2)11-20-17(19-7-5-9-26-3)24-8-4-6-14(12-24)10-15(18)25/h14H,4-12H2,1-3H3,(H2,18,25)(H,19,20). The molecule has 146 valence electrons. The molecular weight excluding hydrogens is 334 g/mol. The molecule has 3 N–H and O–H groups in total. The first-order valence-corrected chi connectivity index (χ1v) is 9.16. The fourth-order valence-corrected chi connectivity index (χ4v) is 3.13. The summed E-state index contributed by atoms with van der Waals surface area (Å²) < 4.78 is 7.05. The maximum atomic E-state index is 11.3. The van der Waals surface area contributed by atoms with Crippen molar-refractivity contribution in [3.63, 3.8) is 0 Å². The number of guanidine groups is 1. The monoisotopic (exact) mass is 365 g/mol. The van der Waals surface area contributed by atoms with Crippen molar-refractivity contribution in [3.8, 4) is 0 Å². The number of primary amides is 1. The summed E-state index contributed by atoms with van der Waals surface area (Å²) in [7, 11) is 3.64. The number of nitrogens with one attached hydrogen (secondary N) is 1. The summed E-state index contributed by atoms with van der Waals surface area (Å²) in [5.74, 6) is 2.58. The largest absolute Gasteiger partial charge is 0.385 e. The molecule has 2 heterocycles. The first-order chi connectivity index (χ1) is 12.5. The van der Waals surface area contributed by atoms with Gasteiger partial charge in [-0.15, -0.1) is 10.2 Å². The lowest BCUT2D eigenvalue weighted by Crippen LogP contribution is -2.47. The van der Waals surface area contributed by atoms with Crippen LogP contribution in [0.2, 0.25) is 0 Å². The van der Waals surface area contributed by atoms with Crippen molar-refractivity contribution in [1.82, 2.24) is 25.0 Å². The summed E-state index contributed by atoms with van der Waals surface area (Å²) in [6.45, 7) is 5.57. The van der Waals surface area contributed by atoms with Crippen LogP contribution in [-0.2, 0) is 23.1 Å². The number of hydrogen-bond donors (Lipinski definition) is 2. The Morgan fingerprint density at radius 3 is 2.92 bits per heavy atom. The predicted octanol–water partition coefficient (Wildman–Crippen LogP) is 0.193. The minimum atomic E-state index is -0.238. The predicted molar refractivity (Wildman–Crippen MR) is 99.5 cm³/mol. The van der Waals surface area contributed by atoms with Gasteiger partial charge in [0.25, 0.3) is 0 Å². The molecule has 9 heteroatoms. The zero-order chi connectivity index (χ0) is 18.9. The molecule has 1 atom stereocenters. The van der Waals surface area contributed by atoms with E-state index in [4.69, 9.17) is 15.5 Å². The van der Waals surface area contributed by atoms with Crippen LogP contribution in [0.15, 0.2) is 4.99 Å². The van der Waals surface area contributed by atoms with Crippen LogP contribution in [-0.4, -0.2) is 64.9 Å². The Morgan fingerprint density at radius 2 is 2.27 bits per heavy atom. The van der Waals surface area contributed by atoms with Gasteiger partial charge < -0.3 is 25.3 Å². The number of nitrogens with zero attached hydrogens (tertiary/aromatic N) is 5. The second-order valence-electron chi connectivity index (χ2n) is 6.76. The van der Waals surface area contributed by atoms with Gasteiger partial charge in [-0.3, -0.25) is 4.79 Å². The lowest BCUT2D eigenvalue weighted by molar-refractivity contribution is -0.119. The molecule has 26 heavy (non-hydrogen) atoms. The average Bonchev–Trinajstić information content (AvgIpc) is 2.93. The molecule has 0 aliphatic carbocycles. The number of amides is 1. The fraction of sp³-hybridized carbons (Fsp3) is 0.765. The molecule has 1 amide bonds. The summed E-state index contributed by atoms with van der Waals surface area (Å²) in [5, 5.41) is 11.7. The highest BCUT2D eigenvalue weighted by molar-refractivity contribution is 5.80. The Balaban J connectivity index is 2.05. The number of aliphatic imine (C=N–C) groups is 1. The van der Waals surface area contributed by atoms with Gasteiger partial charge >= 0.3 is 0 Å². The molecule has 1 aromatic rings. The third-order valence-corrected chi connectivity index (χ3v) is 4.67. The van der Waals surface area contributed by atoms with Crippen LogP contribution in [0.4, 0.5) is 0 Å². The van der Waals surface area contributed by atoms with Gasteiger partial charge in [0.2, 0.25) is 5.91 Å². The summed E-state index contributed by atoms with van der Waals surface area (Å²) in [6, 6.07) is 0. The first kappa shape index (κ1) is 20.2. The zero-order valence-electron chi connectivity index (χ0n) is 16.1. The molecule has 1 unspecified atom stereocenters. The smallest absolute Gasteiger partial charge is 0.217 e. The number of methoxy groups -OCH3 is 1. The van der Waals surface area contributed by atoms with Gasteiger partial charge in [0.15, 0.2) is 11.8 Å². The van der Waals surface area contributed by atoms with Gasteiger partial charge in [-0.05, 0) is 32.1 Å². The van der Waals surface area contributed by atoms with E-state index in [2.05, 4.69) is 20.4 Å². The number of carbonyl (C=O) groups is 1. The first-order valence-electron chi connectivity index (χ1n) is 9.16. The second kappa shape index (κ2) is 10.1. The minimum Gasteiger partial charge on any atom is -0.385 e. The maximum absolute atomic E-state index is 11.3. The van der Waals surface area contributed by atoms with E-state index < -0.39 is 0 Å². The highest BCUT2D eigenvalue weighted by Gasteiger charge is 2.23. The van der Waals surface area contributed by atoms with Gasteiger partial charge in [-0.1, -0.05) is 0 Å². The van der Waals surface area contributed by atoms with Crippen LogP contribution in [0.1, 0.15) is 37.3 Å². The molecule has 0 radical (unpaired) electrons. The molecule has 0 saturated carbocycles. The van der Waals surface area contributed by atoms with Crippen molar-refractivity contribution in [2.24, 2.45) is 23.7 Å². The van der Waals surface area contributed by atoms with Crippen LogP contribution >= 0.6 is 0 Å². The Kier molecular flexibility index (Phi) is 7.83. The number of hydrogen-bond acceptors (Lipinski definition) is 5. The van der Waals surface area contributed by atoms with E-state index in [1.54, 1.807) is 7.11 Å². The highest BCUT2D eigenvalue weighted by Crippen LogP contribution is 2.19. The van der Waals surface area contributed by atoms with Crippen LogP contribution in [0, 0.1) is 12.8 Å². The number of aromatic nitrogens is 3. The van der Waals surface area contributed by atoms with Crippen molar-refractivity contribution in [2.75, 3.05) is 33.4 Å². The Hall–Kier alpha value is -2.16. The molecule has 0 bridgehead atoms.